The van der Waals surface area contributed by atoms with E-state index in [1.165, 1.54) is 25.3 Å². The Morgan fingerprint density at radius 2 is 2.00 bits per heavy atom. The number of benzene rings is 2. The van der Waals surface area contributed by atoms with Gasteiger partial charge in [-0.2, -0.15) is 0 Å². The normalized spacial score (nSPS) is 19.4. The molecule has 0 aliphatic heterocycles. The fourth-order valence-electron chi connectivity index (χ4n) is 3.40. The molecule has 8 heteroatoms. The van der Waals surface area contributed by atoms with Gasteiger partial charge in [0.1, 0.15) is 5.75 Å². The van der Waals surface area contributed by atoms with Crippen LogP contribution in [0, 0.1) is 5.92 Å². The van der Waals surface area contributed by atoms with Gasteiger partial charge in [-0.05, 0) is 49.1 Å². The number of amides is 1. The number of rotatable bonds is 6. The summed E-state index contributed by atoms with van der Waals surface area (Å²) < 4.78 is 30.9. The molecule has 150 valence electrons. The summed E-state index contributed by atoms with van der Waals surface area (Å²) in [5.41, 5.74) is 0.508. The smallest absolute Gasteiger partial charge is 0.259 e. The summed E-state index contributed by atoms with van der Waals surface area (Å²) in [6.07, 6.45) is 1.51. The molecule has 1 aliphatic carbocycles. The van der Waals surface area contributed by atoms with Crippen LogP contribution < -0.4 is 10.1 Å². The van der Waals surface area contributed by atoms with Gasteiger partial charge in [0.25, 0.3) is 5.91 Å². The predicted octanol–water partition coefficient (Wildman–Crippen LogP) is 3.54. The van der Waals surface area contributed by atoms with Crippen LogP contribution in [0.25, 0.3) is 0 Å². The van der Waals surface area contributed by atoms with Crippen LogP contribution in [-0.4, -0.2) is 38.4 Å². The SMILES string of the molecule is COc1ccc(S(=O)(=O)CC2CCC[C@H]2O)cc1C(=O)Nc1ccccc1Cl. The van der Waals surface area contributed by atoms with Crippen molar-refractivity contribution in [3.63, 3.8) is 0 Å². The van der Waals surface area contributed by atoms with Crippen molar-refractivity contribution in [2.24, 2.45) is 5.92 Å². The number of carbonyl (C=O) groups excluding carboxylic acids is 1. The third-order valence-corrected chi connectivity index (χ3v) is 7.12. The number of sulfone groups is 1. The van der Waals surface area contributed by atoms with E-state index < -0.39 is 21.8 Å². The Bertz CT molecular complexity index is 976. The molecule has 1 fully saturated rings. The van der Waals surface area contributed by atoms with Gasteiger partial charge in [0.2, 0.25) is 0 Å². The number of aliphatic hydroxyl groups is 1. The number of methoxy groups -OCH3 is 1. The lowest BCUT2D eigenvalue weighted by Crippen LogP contribution is -2.23. The highest BCUT2D eigenvalue weighted by Crippen LogP contribution is 2.31. The minimum Gasteiger partial charge on any atom is -0.496 e. The van der Waals surface area contributed by atoms with E-state index in [2.05, 4.69) is 5.32 Å². The number of hydrogen-bond acceptors (Lipinski definition) is 5. The van der Waals surface area contributed by atoms with Gasteiger partial charge in [-0.1, -0.05) is 30.2 Å². The molecular weight excluding hydrogens is 402 g/mol. The van der Waals surface area contributed by atoms with Crippen molar-refractivity contribution in [3.8, 4) is 5.75 Å². The fourth-order valence-corrected chi connectivity index (χ4v) is 5.30. The second kappa shape index (κ2) is 8.51. The van der Waals surface area contributed by atoms with E-state index in [4.69, 9.17) is 16.3 Å². The molecule has 1 saturated carbocycles. The second-order valence-corrected chi connectivity index (χ2v) is 9.28. The van der Waals surface area contributed by atoms with Crippen LogP contribution in [0.4, 0.5) is 5.69 Å². The zero-order valence-electron chi connectivity index (χ0n) is 15.4. The first kappa shape index (κ1) is 20.6. The van der Waals surface area contributed by atoms with Crippen molar-refractivity contribution in [3.05, 3.63) is 53.1 Å². The van der Waals surface area contributed by atoms with Crippen molar-refractivity contribution in [2.45, 2.75) is 30.3 Å². The lowest BCUT2D eigenvalue weighted by atomic mass is 10.1. The van der Waals surface area contributed by atoms with Crippen molar-refractivity contribution in [2.75, 3.05) is 18.2 Å². The standard InChI is InChI=1S/C20H22ClNO5S/c1-27-19-10-9-14(28(25,26)12-13-5-4-8-18(13)23)11-15(19)20(24)22-17-7-3-2-6-16(17)21/h2-3,6-7,9-11,13,18,23H,4-5,8,12H2,1H3,(H,22,24)/t13?,18-/m1/s1. The molecule has 1 unspecified atom stereocenters. The van der Waals surface area contributed by atoms with Gasteiger partial charge >= 0.3 is 0 Å². The van der Waals surface area contributed by atoms with Gasteiger partial charge in [-0.25, -0.2) is 8.42 Å². The zero-order chi connectivity index (χ0) is 20.3. The van der Waals surface area contributed by atoms with Crippen molar-refractivity contribution >= 4 is 33.0 Å². The van der Waals surface area contributed by atoms with Gasteiger partial charge in [0, 0.05) is 0 Å². The average Bonchev–Trinajstić information content (AvgIpc) is 3.07. The van der Waals surface area contributed by atoms with E-state index in [9.17, 15) is 18.3 Å². The molecule has 0 radical (unpaired) electrons. The fraction of sp³-hybridized carbons (Fsp3) is 0.350. The number of aliphatic hydroxyl groups excluding tert-OH is 1. The van der Waals surface area contributed by atoms with E-state index in [0.29, 0.717) is 23.6 Å². The Labute approximate surface area is 169 Å². The molecule has 0 heterocycles. The third-order valence-electron chi connectivity index (χ3n) is 4.95. The monoisotopic (exact) mass is 423 g/mol. The zero-order valence-corrected chi connectivity index (χ0v) is 17.0. The van der Waals surface area contributed by atoms with Gasteiger partial charge in [0.05, 0.1) is 40.1 Å². The Morgan fingerprint density at radius 1 is 1.25 bits per heavy atom. The summed E-state index contributed by atoms with van der Waals surface area (Å²) in [5.74, 6) is -0.702. The van der Waals surface area contributed by atoms with E-state index >= 15 is 0 Å². The lowest BCUT2D eigenvalue weighted by molar-refractivity contribution is 0.102. The first-order valence-corrected chi connectivity index (χ1v) is 11.0. The van der Waals surface area contributed by atoms with Crippen LogP contribution in [0.2, 0.25) is 5.02 Å². The summed E-state index contributed by atoms with van der Waals surface area (Å²) in [6, 6.07) is 10.9. The van der Waals surface area contributed by atoms with Gasteiger partial charge in [-0.3, -0.25) is 4.79 Å². The number of ether oxygens (including phenoxy) is 1. The van der Waals surface area contributed by atoms with Crippen molar-refractivity contribution in [1.29, 1.82) is 0 Å². The Kier molecular flexibility index (Phi) is 6.27. The molecule has 0 saturated heterocycles. The van der Waals surface area contributed by atoms with Gasteiger partial charge < -0.3 is 15.2 Å². The summed E-state index contributed by atoms with van der Waals surface area (Å²) in [6.45, 7) is 0. The van der Waals surface area contributed by atoms with E-state index in [1.807, 2.05) is 0 Å². The predicted molar refractivity (Wildman–Crippen MR) is 108 cm³/mol. The van der Waals surface area contributed by atoms with Crippen LogP contribution >= 0.6 is 11.6 Å². The minimum atomic E-state index is -3.66. The Morgan fingerprint density at radius 3 is 2.64 bits per heavy atom. The van der Waals surface area contributed by atoms with Crippen LogP contribution in [0.3, 0.4) is 0 Å². The molecule has 0 bridgehead atoms. The molecule has 1 amide bonds. The van der Waals surface area contributed by atoms with Crippen LogP contribution in [0.1, 0.15) is 29.6 Å². The second-order valence-electron chi connectivity index (χ2n) is 6.84. The molecule has 1 aliphatic rings. The maximum atomic E-state index is 12.8. The lowest BCUT2D eigenvalue weighted by Gasteiger charge is -2.16. The maximum absolute atomic E-state index is 12.8. The first-order chi connectivity index (χ1) is 13.3. The topological polar surface area (TPSA) is 92.7 Å². The molecule has 2 aromatic carbocycles. The van der Waals surface area contributed by atoms with E-state index in [0.717, 1.165) is 6.42 Å². The van der Waals surface area contributed by atoms with Crippen LogP contribution in [0.15, 0.2) is 47.4 Å². The number of nitrogens with one attached hydrogen (secondary N) is 1. The van der Waals surface area contributed by atoms with Crippen molar-refractivity contribution < 1.29 is 23.1 Å². The molecule has 28 heavy (non-hydrogen) atoms. The van der Waals surface area contributed by atoms with E-state index in [1.54, 1.807) is 24.3 Å². The molecular formula is C20H22ClNO5S. The highest BCUT2D eigenvalue weighted by atomic mass is 35.5. The largest absolute Gasteiger partial charge is 0.496 e. The highest BCUT2D eigenvalue weighted by molar-refractivity contribution is 7.91. The molecule has 2 atom stereocenters. The maximum Gasteiger partial charge on any atom is 0.259 e. The molecule has 2 N–H and O–H groups in total. The Hall–Kier alpha value is -2.09. The van der Waals surface area contributed by atoms with Gasteiger partial charge in [-0.15, -0.1) is 0 Å². The minimum absolute atomic E-state index is 0.0247. The van der Waals surface area contributed by atoms with Crippen LogP contribution in [-0.2, 0) is 9.84 Å². The average molecular weight is 424 g/mol. The number of para-hydroxylation sites is 1. The molecule has 2 aromatic rings. The molecule has 3 rings (SSSR count). The number of anilines is 1. The van der Waals surface area contributed by atoms with E-state index in [-0.39, 0.29) is 27.9 Å². The summed E-state index contributed by atoms with van der Waals surface area (Å²) >= 11 is 6.08. The van der Waals surface area contributed by atoms with Crippen LogP contribution in [0.5, 0.6) is 5.75 Å². The number of carbonyl (C=O) groups is 1. The summed E-state index contributed by atoms with van der Waals surface area (Å²) in [4.78, 5) is 12.8. The molecule has 0 aromatic heterocycles. The molecule has 6 nitrogen and oxygen atoms in total. The summed E-state index contributed by atoms with van der Waals surface area (Å²) in [5, 5.41) is 13.0. The highest BCUT2D eigenvalue weighted by Gasteiger charge is 2.31. The number of halogens is 1. The Balaban J connectivity index is 1.89. The first-order valence-electron chi connectivity index (χ1n) is 8.96. The molecule has 0 spiro atoms. The quantitative estimate of drug-likeness (QED) is 0.741. The number of hydrogen-bond donors (Lipinski definition) is 2. The van der Waals surface area contributed by atoms with Gasteiger partial charge in [0.15, 0.2) is 9.84 Å². The third kappa shape index (κ3) is 4.48. The van der Waals surface area contributed by atoms with Crippen molar-refractivity contribution in [1.82, 2.24) is 0 Å². The summed E-state index contributed by atoms with van der Waals surface area (Å²) in [7, 11) is -2.25.